The Bertz CT molecular complexity index is 612. The van der Waals surface area contributed by atoms with Crippen molar-refractivity contribution in [1.82, 2.24) is 5.32 Å². The number of hydrogen-bond acceptors (Lipinski definition) is 2. The van der Waals surface area contributed by atoms with Gasteiger partial charge in [-0.3, -0.25) is 0 Å². The van der Waals surface area contributed by atoms with E-state index in [0.29, 0.717) is 11.7 Å². The number of nitrogens with one attached hydrogen (secondary N) is 2. The van der Waals surface area contributed by atoms with Crippen molar-refractivity contribution in [2.24, 2.45) is 0 Å². The van der Waals surface area contributed by atoms with Gasteiger partial charge in [-0.25, -0.2) is 0 Å². The molecule has 0 heterocycles. The van der Waals surface area contributed by atoms with Crippen molar-refractivity contribution in [3.05, 3.63) is 58.6 Å². The fourth-order valence-corrected chi connectivity index (χ4v) is 2.30. The van der Waals surface area contributed by atoms with Crippen LogP contribution in [0.5, 0.6) is 5.75 Å². The minimum absolute atomic E-state index is 0.187. The maximum absolute atomic E-state index is 5.62. The largest absolute Gasteiger partial charge is 0.491 e. The number of anilines is 1. The zero-order valence-electron chi connectivity index (χ0n) is 12.6. The van der Waals surface area contributed by atoms with Crippen LogP contribution in [-0.2, 0) is 6.54 Å². The molecule has 0 unspecified atom stereocenters. The van der Waals surface area contributed by atoms with Gasteiger partial charge in [-0.15, -0.1) is 0 Å². The van der Waals surface area contributed by atoms with Crippen LogP contribution < -0.4 is 15.4 Å². The molecule has 0 atom stereocenters. The average molecular weight is 379 g/mol. The smallest absolute Gasteiger partial charge is 0.171 e. The third kappa shape index (κ3) is 5.66. The Morgan fingerprint density at radius 1 is 1.09 bits per heavy atom. The number of halogens is 1. The van der Waals surface area contributed by atoms with Gasteiger partial charge < -0.3 is 15.4 Å². The topological polar surface area (TPSA) is 33.3 Å². The van der Waals surface area contributed by atoms with Crippen LogP contribution in [0, 0.1) is 0 Å². The number of rotatable bonds is 5. The van der Waals surface area contributed by atoms with Crippen molar-refractivity contribution >= 4 is 38.9 Å². The minimum atomic E-state index is 0.187. The predicted molar refractivity (Wildman–Crippen MR) is 99.4 cm³/mol. The molecule has 22 heavy (non-hydrogen) atoms. The van der Waals surface area contributed by atoms with Crippen LogP contribution in [0.1, 0.15) is 19.4 Å². The Hall–Kier alpha value is -1.59. The fraction of sp³-hybridized carbons (Fsp3) is 0.235. The number of hydrogen-bond donors (Lipinski definition) is 2. The lowest BCUT2D eigenvalue weighted by atomic mass is 10.2. The summed E-state index contributed by atoms with van der Waals surface area (Å²) in [7, 11) is 0. The van der Waals surface area contributed by atoms with Crippen LogP contribution in [0.2, 0.25) is 0 Å². The Kier molecular flexibility index (Phi) is 6.21. The third-order valence-electron chi connectivity index (χ3n) is 2.85. The maximum Gasteiger partial charge on any atom is 0.171 e. The van der Waals surface area contributed by atoms with Crippen LogP contribution in [0.25, 0.3) is 0 Å². The van der Waals surface area contributed by atoms with Gasteiger partial charge in [-0.1, -0.05) is 28.1 Å². The van der Waals surface area contributed by atoms with Gasteiger partial charge in [-0.05, 0) is 68.0 Å². The summed E-state index contributed by atoms with van der Waals surface area (Å²) in [4.78, 5) is 0. The van der Waals surface area contributed by atoms with Crippen LogP contribution in [-0.4, -0.2) is 11.2 Å². The van der Waals surface area contributed by atoms with Crippen molar-refractivity contribution in [2.75, 3.05) is 5.32 Å². The number of ether oxygens (including phenoxy) is 1. The molecular formula is C17H19BrN2OS. The molecule has 0 aliphatic rings. The van der Waals surface area contributed by atoms with Crippen molar-refractivity contribution in [3.8, 4) is 5.75 Å². The van der Waals surface area contributed by atoms with Crippen molar-refractivity contribution in [3.63, 3.8) is 0 Å². The molecule has 0 aliphatic heterocycles. The summed E-state index contributed by atoms with van der Waals surface area (Å²) < 4.78 is 6.66. The quantitative estimate of drug-likeness (QED) is 0.737. The first-order valence-corrected chi connectivity index (χ1v) is 8.29. The van der Waals surface area contributed by atoms with Crippen molar-refractivity contribution < 1.29 is 4.74 Å². The molecule has 2 aromatic carbocycles. The Labute approximate surface area is 145 Å². The van der Waals surface area contributed by atoms with Gasteiger partial charge >= 0.3 is 0 Å². The minimum Gasteiger partial charge on any atom is -0.491 e. The fourth-order valence-electron chi connectivity index (χ4n) is 1.85. The van der Waals surface area contributed by atoms with E-state index in [1.165, 1.54) is 0 Å². The molecule has 0 saturated carbocycles. The molecule has 2 N–H and O–H groups in total. The second-order valence-electron chi connectivity index (χ2n) is 5.13. The summed E-state index contributed by atoms with van der Waals surface area (Å²) in [5.74, 6) is 0.884. The van der Waals surface area contributed by atoms with E-state index in [1.807, 2.05) is 62.4 Å². The summed E-state index contributed by atoms with van der Waals surface area (Å²) in [6.07, 6.45) is 0.187. The van der Waals surface area contributed by atoms with Crippen LogP contribution in [0.15, 0.2) is 53.0 Å². The maximum atomic E-state index is 5.62. The number of benzene rings is 2. The summed E-state index contributed by atoms with van der Waals surface area (Å²) >= 11 is 8.70. The van der Waals surface area contributed by atoms with E-state index in [2.05, 4.69) is 26.6 Å². The van der Waals surface area contributed by atoms with Crippen molar-refractivity contribution in [2.45, 2.75) is 26.5 Å². The molecule has 2 rings (SSSR count). The summed E-state index contributed by atoms with van der Waals surface area (Å²) in [5, 5.41) is 6.94. The molecule has 0 amide bonds. The molecule has 0 saturated heterocycles. The van der Waals surface area contributed by atoms with Crippen LogP contribution in [0.3, 0.4) is 0 Å². The molecule has 2 aromatic rings. The molecule has 0 bridgehead atoms. The van der Waals surface area contributed by atoms with E-state index in [-0.39, 0.29) is 6.10 Å². The molecule has 116 valence electrons. The van der Waals surface area contributed by atoms with Crippen LogP contribution >= 0.6 is 28.1 Å². The second kappa shape index (κ2) is 8.15. The van der Waals surface area contributed by atoms with E-state index < -0.39 is 0 Å². The van der Waals surface area contributed by atoms with E-state index >= 15 is 0 Å². The van der Waals surface area contributed by atoms with E-state index in [1.54, 1.807) is 0 Å². The predicted octanol–water partition coefficient (Wildman–Crippen LogP) is 4.72. The molecule has 0 spiro atoms. The summed E-state index contributed by atoms with van der Waals surface area (Å²) in [6, 6.07) is 15.9. The van der Waals surface area contributed by atoms with E-state index in [9.17, 15) is 0 Å². The summed E-state index contributed by atoms with van der Waals surface area (Å²) in [5.41, 5.74) is 2.11. The Morgan fingerprint density at radius 2 is 1.73 bits per heavy atom. The highest BCUT2D eigenvalue weighted by molar-refractivity contribution is 9.10. The highest BCUT2D eigenvalue weighted by Crippen LogP contribution is 2.15. The van der Waals surface area contributed by atoms with Gasteiger partial charge in [0.15, 0.2) is 5.11 Å². The zero-order valence-corrected chi connectivity index (χ0v) is 15.0. The lowest BCUT2D eigenvalue weighted by Gasteiger charge is -2.12. The normalized spacial score (nSPS) is 10.4. The standard InChI is InChI=1S/C17H19BrN2OS/c1-12(2)21-16-9-3-13(4-10-16)11-19-17(22)20-15-7-5-14(18)6-8-15/h3-10,12H,11H2,1-2H3,(H2,19,20,22). The van der Waals surface area contributed by atoms with E-state index in [0.717, 1.165) is 21.5 Å². The SMILES string of the molecule is CC(C)Oc1ccc(CNC(=S)Nc2ccc(Br)cc2)cc1. The molecule has 5 heteroatoms. The van der Waals surface area contributed by atoms with Crippen molar-refractivity contribution in [1.29, 1.82) is 0 Å². The Morgan fingerprint density at radius 3 is 2.32 bits per heavy atom. The van der Waals surface area contributed by atoms with Gasteiger partial charge in [0.1, 0.15) is 5.75 Å². The number of thiocarbonyl (C=S) groups is 1. The Balaban J connectivity index is 1.81. The molecule has 0 aliphatic carbocycles. The van der Waals surface area contributed by atoms with Gasteiger partial charge in [0.05, 0.1) is 6.10 Å². The highest BCUT2D eigenvalue weighted by Gasteiger charge is 2.00. The van der Waals surface area contributed by atoms with Gasteiger partial charge in [-0.2, -0.15) is 0 Å². The molecule has 0 fully saturated rings. The highest BCUT2D eigenvalue weighted by atomic mass is 79.9. The molecule has 3 nitrogen and oxygen atoms in total. The van der Waals surface area contributed by atoms with Crippen LogP contribution in [0.4, 0.5) is 5.69 Å². The van der Waals surface area contributed by atoms with Gasteiger partial charge in [0.2, 0.25) is 0 Å². The average Bonchev–Trinajstić information content (AvgIpc) is 2.48. The lowest BCUT2D eigenvalue weighted by Crippen LogP contribution is -2.27. The zero-order chi connectivity index (χ0) is 15.9. The summed E-state index contributed by atoms with van der Waals surface area (Å²) in [6.45, 7) is 4.70. The molecule has 0 radical (unpaired) electrons. The monoisotopic (exact) mass is 378 g/mol. The first-order chi connectivity index (χ1) is 10.5. The first kappa shape index (κ1) is 16.8. The second-order valence-corrected chi connectivity index (χ2v) is 6.45. The molecule has 0 aromatic heterocycles. The third-order valence-corrected chi connectivity index (χ3v) is 3.63. The van der Waals surface area contributed by atoms with Gasteiger partial charge in [0, 0.05) is 16.7 Å². The lowest BCUT2D eigenvalue weighted by molar-refractivity contribution is 0.242. The first-order valence-electron chi connectivity index (χ1n) is 7.09. The van der Waals surface area contributed by atoms with Gasteiger partial charge in [0.25, 0.3) is 0 Å². The molecular weight excluding hydrogens is 360 g/mol. The van der Waals surface area contributed by atoms with E-state index in [4.69, 9.17) is 17.0 Å².